The molecule has 0 aromatic heterocycles. The van der Waals surface area contributed by atoms with Crippen LogP contribution in [0, 0.1) is 6.92 Å². The van der Waals surface area contributed by atoms with Crippen LogP contribution in [0.5, 0.6) is 5.75 Å². The minimum Gasteiger partial charge on any atom is -0.484 e. The highest BCUT2D eigenvalue weighted by molar-refractivity contribution is 7.80. The fourth-order valence-electron chi connectivity index (χ4n) is 2.01. The van der Waals surface area contributed by atoms with E-state index in [4.69, 9.17) is 28.6 Å². The third kappa shape index (κ3) is 7.08. The minimum atomic E-state index is -0.430. The number of nitrogens with one attached hydrogen (secondary N) is 3. The van der Waals surface area contributed by atoms with Crippen molar-refractivity contribution in [3.05, 3.63) is 64.7 Å². The summed E-state index contributed by atoms with van der Waals surface area (Å²) < 4.78 is 5.36. The Hall–Kier alpha value is -2.64. The van der Waals surface area contributed by atoms with Crippen LogP contribution in [0.2, 0.25) is 5.02 Å². The van der Waals surface area contributed by atoms with Gasteiger partial charge in [0.05, 0.1) is 6.42 Å². The molecule has 8 heteroatoms. The lowest BCUT2D eigenvalue weighted by molar-refractivity contribution is -0.124. The third-order valence-corrected chi connectivity index (χ3v) is 3.66. The molecule has 136 valence electrons. The minimum absolute atomic E-state index is 0.00660. The maximum atomic E-state index is 11.9. The lowest BCUT2D eigenvalue weighted by Gasteiger charge is -2.11. The van der Waals surface area contributed by atoms with Gasteiger partial charge < -0.3 is 10.1 Å². The van der Waals surface area contributed by atoms with Crippen molar-refractivity contribution < 1.29 is 14.3 Å². The molecule has 0 saturated carbocycles. The molecule has 2 rings (SSSR count). The van der Waals surface area contributed by atoms with Gasteiger partial charge in [0, 0.05) is 5.02 Å². The normalized spacial score (nSPS) is 9.92. The molecule has 0 aliphatic rings. The van der Waals surface area contributed by atoms with E-state index in [9.17, 15) is 9.59 Å². The first-order valence-corrected chi connectivity index (χ1v) is 8.53. The molecule has 6 nitrogen and oxygen atoms in total. The summed E-state index contributed by atoms with van der Waals surface area (Å²) in [4.78, 5) is 23.6. The monoisotopic (exact) mass is 391 g/mol. The molecule has 0 heterocycles. The van der Waals surface area contributed by atoms with E-state index in [2.05, 4.69) is 16.2 Å². The first-order valence-electron chi connectivity index (χ1n) is 7.75. The molecule has 0 aliphatic heterocycles. The summed E-state index contributed by atoms with van der Waals surface area (Å²) in [6, 6.07) is 14.3. The van der Waals surface area contributed by atoms with Crippen LogP contribution in [-0.2, 0) is 16.0 Å². The van der Waals surface area contributed by atoms with Crippen molar-refractivity contribution in [3.63, 3.8) is 0 Å². The molecule has 0 bridgehead atoms. The Morgan fingerprint density at radius 3 is 2.50 bits per heavy atom. The number of hydrazine groups is 1. The zero-order valence-corrected chi connectivity index (χ0v) is 15.6. The van der Waals surface area contributed by atoms with Gasteiger partial charge in [0.1, 0.15) is 5.75 Å². The van der Waals surface area contributed by atoms with E-state index >= 15 is 0 Å². The highest BCUT2D eigenvalue weighted by Gasteiger charge is 2.08. The topological polar surface area (TPSA) is 79.5 Å². The number of hydrogen-bond donors (Lipinski definition) is 3. The molecular formula is C18H18ClN3O3S. The average molecular weight is 392 g/mol. The lowest BCUT2D eigenvalue weighted by atomic mass is 10.1. The smallest absolute Gasteiger partial charge is 0.276 e. The van der Waals surface area contributed by atoms with Gasteiger partial charge in [0.15, 0.2) is 11.7 Å². The van der Waals surface area contributed by atoms with Gasteiger partial charge in [-0.3, -0.25) is 20.4 Å². The van der Waals surface area contributed by atoms with Crippen LogP contribution in [0.3, 0.4) is 0 Å². The molecule has 2 aromatic rings. The molecule has 0 fully saturated rings. The van der Waals surface area contributed by atoms with Crippen molar-refractivity contribution in [2.75, 3.05) is 6.61 Å². The number of carbonyl (C=O) groups is 2. The van der Waals surface area contributed by atoms with Crippen LogP contribution in [0.25, 0.3) is 0 Å². The van der Waals surface area contributed by atoms with Crippen molar-refractivity contribution in [1.82, 2.24) is 16.2 Å². The van der Waals surface area contributed by atoms with Crippen molar-refractivity contribution >= 4 is 40.7 Å². The van der Waals surface area contributed by atoms with Crippen LogP contribution in [-0.4, -0.2) is 23.5 Å². The van der Waals surface area contributed by atoms with Crippen molar-refractivity contribution in [2.45, 2.75) is 13.3 Å². The number of halogens is 1. The Kier molecular flexibility index (Phi) is 7.37. The Morgan fingerprint density at radius 2 is 1.81 bits per heavy atom. The van der Waals surface area contributed by atoms with Crippen LogP contribution in [0.4, 0.5) is 0 Å². The highest BCUT2D eigenvalue weighted by atomic mass is 35.5. The van der Waals surface area contributed by atoms with Crippen molar-refractivity contribution in [1.29, 1.82) is 0 Å². The van der Waals surface area contributed by atoms with E-state index in [0.717, 1.165) is 11.1 Å². The number of benzene rings is 2. The summed E-state index contributed by atoms with van der Waals surface area (Å²) >= 11 is 10.8. The largest absolute Gasteiger partial charge is 0.484 e. The standard InChI is InChI=1S/C18H18ClN3O3S/c1-12-3-2-4-15(9-12)25-11-17(24)21-22-18(26)20-16(23)10-13-5-7-14(19)8-6-13/h2-9H,10-11H2,1H3,(H,21,24)(H2,20,22,23,26). The van der Waals surface area contributed by atoms with Crippen LogP contribution >= 0.6 is 23.8 Å². The second kappa shape index (κ2) is 9.74. The van der Waals surface area contributed by atoms with E-state index in [0.29, 0.717) is 10.8 Å². The van der Waals surface area contributed by atoms with Gasteiger partial charge in [-0.1, -0.05) is 35.9 Å². The van der Waals surface area contributed by atoms with Gasteiger partial charge in [-0.25, -0.2) is 0 Å². The summed E-state index contributed by atoms with van der Waals surface area (Å²) in [6.45, 7) is 1.75. The summed E-state index contributed by atoms with van der Waals surface area (Å²) in [7, 11) is 0. The first kappa shape index (κ1) is 19.7. The number of aryl methyl sites for hydroxylation is 1. The molecular weight excluding hydrogens is 374 g/mol. The number of ether oxygens (including phenoxy) is 1. The number of carbonyl (C=O) groups excluding carboxylic acids is 2. The average Bonchev–Trinajstić information content (AvgIpc) is 2.60. The zero-order chi connectivity index (χ0) is 18.9. The molecule has 3 N–H and O–H groups in total. The summed E-state index contributed by atoms with van der Waals surface area (Å²) in [5.74, 6) is -0.144. The molecule has 0 aliphatic carbocycles. The second-order valence-electron chi connectivity index (χ2n) is 5.46. The quantitative estimate of drug-likeness (QED) is 0.538. The Morgan fingerprint density at radius 1 is 1.08 bits per heavy atom. The highest BCUT2D eigenvalue weighted by Crippen LogP contribution is 2.12. The number of thiocarbonyl (C=S) groups is 1. The van der Waals surface area contributed by atoms with E-state index in [-0.39, 0.29) is 24.0 Å². The van der Waals surface area contributed by atoms with Crippen molar-refractivity contribution in [2.24, 2.45) is 0 Å². The van der Waals surface area contributed by atoms with E-state index in [1.165, 1.54) is 0 Å². The summed E-state index contributed by atoms with van der Waals surface area (Å²) in [5, 5.41) is 3.06. The Labute approximate surface area is 161 Å². The summed E-state index contributed by atoms with van der Waals surface area (Å²) in [6.07, 6.45) is 0.142. The SMILES string of the molecule is Cc1cccc(OCC(=O)NNC(=S)NC(=O)Cc2ccc(Cl)cc2)c1. The maximum Gasteiger partial charge on any atom is 0.276 e. The van der Waals surface area contributed by atoms with Gasteiger partial charge in [0.2, 0.25) is 5.91 Å². The molecule has 2 aromatic carbocycles. The van der Waals surface area contributed by atoms with E-state index < -0.39 is 5.91 Å². The van der Waals surface area contributed by atoms with Crippen LogP contribution in [0.1, 0.15) is 11.1 Å². The van der Waals surface area contributed by atoms with Crippen LogP contribution < -0.4 is 20.9 Å². The third-order valence-electron chi connectivity index (χ3n) is 3.21. The van der Waals surface area contributed by atoms with Gasteiger partial charge in [-0.05, 0) is 54.5 Å². The molecule has 0 atom stereocenters. The number of hydrogen-bond acceptors (Lipinski definition) is 4. The van der Waals surface area contributed by atoms with Gasteiger partial charge >= 0.3 is 0 Å². The molecule has 0 spiro atoms. The van der Waals surface area contributed by atoms with Gasteiger partial charge in [-0.2, -0.15) is 0 Å². The predicted molar refractivity (Wildman–Crippen MR) is 104 cm³/mol. The number of amides is 2. The van der Waals surface area contributed by atoms with Crippen molar-refractivity contribution in [3.8, 4) is 5.75 Å². The van der Waals surface area contributed by atoms with Crippen LogP contribution in [0.15, 0.2) is 48.5 Å². The Balaban J connectivity index is 1.68. The number of rotatable bonds is 5. The molecule has 0 saturated heterocycles. The fraction of sp³-hybridized carbons (Fsp3) is 0.167. The molecule has 0 radical (unpaired) electrons. The summed E-state index contributed by atoms with van der Waals surface area (Å²) in [5.41, 5.74) is 6.64. The van der Waals surface area contributed by atoms with Gasteiger partial charge in [0.25, 0.3) is 5.91 Å². The molecule has 2 amide bonds. The fourth-order valence-corrected chi connectivity index (χ4v) is 2.30. The Bertz CT molecular complexity index is 797. The van der Waals surface area contributed by atoms with E-state index in [1.54, 1.807) is 30.3 Å². The molecule has 0 unspecified atom stereocenters. The zero-order valence-electron chi connectivity index (χ0n) is 14.0. The first-order chi connectivity index (χ1) is 12.4. The predicted octanol–water partition coefficient (Wildman–Crippen LogP) is 2.29. The van der Waals surface area contributed by atoms with E-state index in [1.807, 2.05) is 25.1 Å². The van der Waals surface area contributed by atoms with Gasteiger partial charge in [-0.15, -0.1) is 0 Å². The lowest BCUT2D eigenvalue weighted by Crippen LogP contribution is -2.49. The second-order valence-corrected chi connectivity index (χ2v) is 6.30. The maximum absolute atomic E-state index is 11.9. The molecule has 26 heavy (non-hydrogen) atoms.